The monoisotopic (exact) mass is 417 g/mol. The Balaban J connectivity index is 1.57. The maximum absolute atomic E-state index is 12.5. The molecule has 2 aromatic carbocycles. The van der Waals surface area contributed by atoms with Crippen molar-refractivity contribution in [3.63, 3.8) is 0 Å². The SMILES string of the molecule is CC(=C1SC(=Nc2ccc(CC(=O)O)cc2)NC1=O)c1cccc(-n2cccc2)c1. The average molecular weight is 417 g/mol. The van der Waals surface area contributed by atoms with Crippen LogP contribution in [0.5, 0.6) is 0 Å². The van der Waals surface area contributed by atoms with Crippen molar-refractivity contribution in [2.75, 3.05) is 0 Å². The number of aliphatic carboxylic acids is 1. The molecule has 1 aromatic heterocycles. The van der Waals surface area contributed by atoms with E-state index in [0.717, 1.165) is 16.8 Å². The van der Waals surface area contributed by atoms with Gasteiger partial charge in [0, 0.05) is 18.1 Å². The fourth-order valence-corrected chi connectivity index (χ4v) is 4.04. The Bertz CT molecular complexity index is 1160. The van der Waals surface area contributed by atoms with E-state index in [2.05, 4.69) is 10.3 Å². The molecule has 0 bridgehead atoms. The Morgan fingerprint density at radius 1 is 1.10 bits per heavy atom. The third-order valence-corrected chi connectivity index (χ3v) is 5.75. The Morgan fingerprint density at radius 2 is 1.83 bits per heavy atom. The summed E-state index contributed by atoms with van der Waals surface area (Å²) in [6, 6.07) is 18.9. The topological polar surface area (TPSA) is 83.7 Å². The molecule has 3 aromatic rings. The van der Waals surface area contributed by atoms with Gasteiger partial charge in [0.05, 0.1) is 17.0 Å². The van der Waals surface area contributed by atoms with Gasteiger partial charge in [0.25, 0.3) is 5.91 Å². The second-order valence-electron chi connectivity index (χ2n) is 6.80. The number of allylic oxidation sites excluding steroid dienone is 1. The summed E-state index contributed by atoms with van der Waals surface area (Å²) in [6.45, 7) is 1.93. The number of carboxylic acids is 1. The number of aliphatic imine (C=N–C) groups is 1. The Hall–Kier alpha value is -3.58. The van der Waals surface area contributed by atoms with E-state index in [-0.39, 0.29) is 12.3 Å². The highest BCUT2D eigenvalue weighted by molar-refractivity contribution is 8.18. The van der Waals surface area contributed by atoms with Gasteiger partial charge in [0.15, 0.2) is 5.17 Å². The molecule has 7 heteroatoms. The number of amidine groups is 1. The van der Waals surface area contributed by atoms with Crippen molar-refractivity contribution in [2.24, 2.45) is 4.99 Å². The molecule has 150 valence electrons. The third kappa shape index (κ3) is 4.36. The van der Waals surface area contributed by atoms with Crippen LogP contribution in [-0.2, 0) is 16.0 Å². The summed E-state index contributed by atoms with van der Waals surface area (Å²) >= 11 is 1.30. The van der Waals surface area contributed by atoms with Crippen LogP contribution in [0.3, 0.4) is 0 Å². The summed E-state index contributed by atoms with van der Waals surface area (Å²) in [4.78, 5) is 28.4. The first-order valence-corrected chi connectivity index (χ1v) is 10.1. The van der Waals surface area contributed by atoms with E-state index in [1.165, 1.54) is 11.8 Å². The van der Waals surface area contributed by atoms with Crippen molar-refractivity contribution >= 4 is 40.1 Å². The highest BCUT2D eigenvalue weighted by Crippen LogP contribution is 2.33. The molecule has 0 atom stereocenters. The zero-order chi connectivity index (χ0) is 21.1. The number of aromatic nitrogens is 1. The van der Waals surface area contributed by atoms with E-state index in [1.54, 1.807) is 24.3 Å². The van der Waals surface area contributed by atoms with E-state index in [0.29, 0.717) is 21.3 Å². The van der Waals surface area contributed by atoms with Crippen LogP contribution in [0.1, 0.15) is 18.1 Å². The van der Waals surface area contributed by atoms with Crippen LogP contribution >= 0.6 is 11.8 Å². The van der Waals surface area contributed by atoms with Gasteiger partial charge in [-0.15, -0.1) is 0 Å². The highest BCUT2D eigenvalue weighted by Gasteiger charge is 2.26. The van der Waals surface area contributed by atoms with E-state index in [4.69, 9.17) is 5.11 Å². The first-order chi connectivity index (χ1) is 14.5. The molecule has 1 amide bonds. The molecule has 0 saturated carbocycles. The molecule has 1 aliphatic heterocycles. The zero-order valence-corrected chi connectivity index (χ0v) is 17.0. The minimum Gasteiger partial charge on any atom is -0.481 e. The summed E-state index contributed by atoms with van der Waals surface area (Å²) in [5, 5.41) is 12.2. The molecule has 6 nitrogen and oxygen atoms in total. The first-order valence-electron chi connectivity index (χ1n) is 9.33. The van der Waals surface area contributed by atoms with Gasteiger partial charge >= 0.3 is 5.97 Å². The number of amides is 1. The fraction of sp³-hybridized carbons (Fsp3) is 0.0870. The summed E-state index contributed by atoms with van der Waals surface area (Å²) < 4.78 is 2.02. The Kier molecular flexibility index (Phi) is 5.54. The standard InChI is InChI=1S/C23H19N3O3S/c1-15(17-5-4-6-19(14-17)26-11-2-3-12-26)21-22(29)25-23(30-21)24-18-9-7-16(8-10-18)13-20(27)28/h2-12,14H,13H2,1H3,(H,27,28)(H,24,25,29). The van der Waals surface area contributed by atoms with Crippen molar-refractivity contribution in [3.8, 4) is 5.69 Å². The summed E-state index contributed by atoms with van der Waals surface area (Å²) in [5.41, 5.74) is 4.23. The number of carbonyl (C=O) groups is 2. The normalized spacial score (nSPS) is 16.6. The average Bonchev–Trinajstić information content (AvgIpc) is 3.39. The van der Waals surface area contributed by atoms with Gasteiger partial charge in [-0.25, -0.2) is 4.99 Å². The maximum atomic E-state index is 12.5. The molecule has 0 unspecified atom stereocenters. The molecule has 2 heterocycles. The van der Waals surface area contributed by atoms with Gasteiger partial charge < -0.3 is 15.0 Å². The minimum atomic E-state index is -0.876. The lowest BCUT2D eigenvalue weighted by atomic mass is 10.1. The van der Waals surface area contributed by atoms with Gasteiger partial charge in [-0.1, -0.05) is 24.3 Å². The second kappa shape index (κ2) is 8.42. The molecule has 2 N–H and O–H groups in total. The number of rotatable bonds is 5. The Morgan fingerprint density at radius 3 is 2.53 bits per heavy atom. The quantitative estimate of drug-likeness (QED) is 0.603. The molecule has 1 fully saturated rings. The van der Waals surface area contributed by atoms with Crippen molar-refractivity contribution in [3.05, 3.63) is 89.1 Å². The predicted molar refractivity (Wildman–Crippen MR) is 119 cm³/mol. The minimum absolute atomic E-state index is 0.0313. The van der Waals surface area contributed by atoms with Gasteiger partial charge in [-0.2, -0.15) is 0 Å². The van der Waals surface area contributed by atoms with E-state index in [9.17, 15) is 9.59 Å². The number of benzene rings is 2. The number of hydrogen-bond acceptors (Lipinski definition) is 4. The maximum Gasteiger partial charge on any atom is 0.307 e. The zero-order valence-electron chi connectivity index (χ0n) is 16.2. The Labute approximate surface area is 178 Å². The molecule has 0 spiro atoms. The number of carboxylic acid groups (broad SMARTS) is 1. The molecule has 30 heavy (non-hydrogen) atoms. The van der Waals surface area contributed by atoms with Gasteiger partial charge in [-0.05, 0) is 71.8 Å². The van der Waals surface area contributed by atoms with Gasteiger partial charge in [0.2, 0.25) is 0 Å². The predicted octanol–water partition coefficient (Wildman–Crippen LogP) is 4.39. The molecule has 1 saturated heterocycles. The molecular weight excluding hydrogens is 398 g/mol. The smallest absolute Gasteiger partial charge is 0.307 e. The number of nitrogens with zero attached hydrogens (tertiary/aromatic N) is 2. The first kappa shape index (κ1) is 19.7. The van der Waals surface area contributed by atoms with Crippen LogP contribution in [-0.4, -0.2) is 26.7 Å². The number of nitrogens with one attached hydrogen (secondary N) is 1. The molecule has 0 aliphatic carbocycles. The van der Waals surface area contributed by atoms with E-state index < -0.39 is 5.97 Å². The number of carbonyl (C=O) groups excluding carboxylic acids is 1. The number of thioether (sulfide) groups is 1. The van der Waals surface area contributed by atoms with Crippen LogP contribution in [0.2, 0.25) is 0 Å². The third-order valence-electron chi connectivity index (χ3n) is 4.67. The molecule has 0 radical (unpaired) electrons. The van der Waals surface area contributed by atoms with Crippen molar-refractivity contribution in [1.82, 2.24) is 9.88 Å². The van der Waals surface area contributed by atoms with Crippen molar-refractivity contribution in [2.45, 2.75) is 13.3 Å². The molecule has 4 rings (SSSR count). The molecular formula is C23H19N3O3S. The largest absolute Gasteiger partial charge is 0.481 e. The van der Waals surface area contributed by atoms with Crippen molar-refractivity contribution < 1.29 is 14.7 Å². The highest BCUT2D eigenvalue weighted by atomic mass is 32.2. The lowest BCUT2D eigenvalue weighted by Gasteiger charge is -2.08. The fourth-order valence-electron chi connectivity index (χ4n) is 3.14. The summed E-state index contributed by atoms with van der Waals surface area (Å²) in [7, 11) is 0. The van der Waals surface area contributed by atoms with Crippen molar-refractivity contribution in [1.29, 1.82) is 0 Å². The van der Waals surface area contributed by atoms with Crippen LogP contribution in [0.4, 0.5) is 5.69 Å². The van der Waals surface area contributed by atoms with E-state index >= 15 is 0 Å². The van der Waals surface area contributed by atoms with Gasteiger partial charge in [-0.3, -0.25) is 9.59 Å². The van der Waals surface area contributed by atoms with Crippen LogP contribution in [0, 0.1) is 0 Å². The van der Waals surface area contributed by atoms with Crippen LogP contribution in [0.15, 0.2) is 83.0 Å². The number of hydrogen-bond donors (Lipinski definition) is 2. The lowest BCUT2D eigenvalue weighted by molar-refractivity contribution is -0.136. The van der Waals surface area contributed by atoms with Gasteiger partial charge in [0.1, 0.15) is 0 Å². The summed E-state index contributed by atoms with van der Waals surface area (Å²) in [6.07, 6.45) is 3.92. The van der Waals surface area contributed by atoms with Crippen LogP contribution in [0.25, 0.3) is 11.3 Å². The second-order valence-corrected chi connectivity index (χ2v) is 7.80. The van der Waals surface area contributed by atoms with Crippen LogP contribution < -0.4 is 5.32 Å². The summed E-state index contributed by atoms with van der Waals surface area (Å²) in [5.74, 6) is -1.05. The lowest BCUT2D eigenvalue weighted by Crippen LogP contribution is -2.19. The molecule has 1 aliphatic rings. The van der Waals surface area contributed by atoms with E-state index in [1.807, 2.05) is 60.3 Å².